The van der Waals surface area contributed by atoms with Gasteiger partial charge in [-0.25, -0.2) is 13.6 Å². The number of nitrogens with zero attached hydrogens (tertiary/aromatic N) is 3. The maximum Gasteiger partial charge on any atom is 0.330 e. The molecule has 5 aromatic carbocycles. The van der Waals surface area contributed by atoms with Crippen LogP contribution in [0.4, 0.5) is 25.8 Å². The van der Waals surface area contributed by atoms with Crippen LogP contribution in [0.5, 0.6) is 28.7 Å². The number of anilines is 3. The van der Waals surface area contributed by atoms with Crippen LogP contribution in [0, 0.1) is 43.6 Å². The molecule has 1 aliphatic carbocycles. The molecule has 0 saturated carbocycles. The van der Waals surface area contributed by atoms with Gasteiger partial charge in [0.05, 0.1) is 52.0 Å². The standard InChI is InChI=1S/C25H26FN3O4.C23H26FN3O3.C6H7NO4.CH4.Ar/c1-17(30)27-16-28-23-11-10-22(32-3)13-19(23)15-29(18(2)31)24-14-20(26)9-12-25(24)33-21-7-5-4-6-8-21;1-16(28)27(14-17-12-20(29-2)9-10-21(17)26-15-25)22-13-18(24)8-11-23(22)30-19-6-4-3-5-7-19;1-4(8)11-7-5(9)2-3-6(7)10;;/h4-14,28H,15-16H2,1-3H3,(H,27,30);3-7,9-10,12-13,26H,8,11,14-15,25H2,1-2H3;2-3H2,1H3;1H4;. The number of nitrogens with one attached hydrogen (secondary N) is 3. The average Bonchev–Trinajstić information content (AvgIpc) is 3.69. The number of carbonyl (C=O) groups is 6. The minimum atomic E-state index is -0.659. The summed E-state index contributed by atoms with van der Waals surface area (Å²) in [4.78, 5) is 75.6. The van der Waals surface area contributed by atoms with Crippen molar-refractivity contribution in [2.75, 3.05) is 43.1 Å². The monoisotopic (exact) mass is 1080 g/mol. The van der Waals surface area contributed by atoms with Gasteiger partial charge >= 0.3 is 5.97 Å². The summed E-state index contributed by atoms with van der Waals surface area (Å²) in [5.74, 6) is 0.283. The van der Waals surface area contributed by atoms with E-state index in [-0.39, 0.29) is 114 Å². The Hall–Kier alpha value is -7.52. The molecule has 0 radical (unpaired) electrons. The fourth-order valence-electron chi connectivity index (χ4n) is 7.26. The van der Waals surface area contributed by atoms with E-state index in [0.29, 0.717) is 68.6 Å². The van der Waals surface area contributed by atoms with Crippen molar-refractivity contribution in [1.82, 2.24) is 15.3 Å². The van der Waals surface area contributed by atoms with Crippen LogP contribution in [0.1, 0.15) is 71.9 Å². The number of para-hydroxylation sites is 2. The van der Waals surface area contributed by atoms with Gasteiger partial charge in [0, 0.05) is 109 Å². The molecule has 0 atom stereocenters. The summed E-state index contributed by atoms with van der Waals surface area (Å²) in [6.07, 6.45) is 2.23. The Kier molecular flexibility index (Phi) is 25.9. The molecule has 76 heavy (non-hydrogen) atoms. The van der Waals surface area contributed by atoms with Crippen molar-refractivity contribution < 1.29 is 99.1 Å². The van der Waals surface area contributed by atoms with Crippen molar-refractivity contribution in [2.24, 2.45) is 5.73 Å². The normalized spacial score (nSPS) is 12.3. The van der Waals surface area contributed by atoms with Crippen LogP contribution in [0.3, 0.4) is 0 Å². The molecule has 7 rings (SSSR count). The number of rotatable bonds is 18. The van der Waals surface area contributed by atoms with E-state index in [2.05, 4.69) is 20.8 Å². The number of hydroxylamine groups is 2. The van der Waals surface area contributed by atoms with E-state index in [9.17, 15) is 37.5 Å². The summed E-state index contributed by atoms with van der Waals surface area (Å²) in [6.45, 7) is 6.17. The Balaban J connectivity index is 0.000000327. The number of ether oxygens (including phenoxy) is 4. The minimum Gasteiger partial charge on any atom is -0.497 e. The smallest absolute Gasteiger partial charge is 0.330 e. The molecule has 5 N–H and O–H groups in total. The van der Waals surface area contributed by atoms with Crippen molar-refractivity contribution in [1.29, 1.82) is 0 Å². The first-order chi connectivity index (χ1) is 35.5. The molecular weight excluding hydrogens is 1010 g/mol. The number of halogens is 2. The summed E-state index contributed by atoms with van der Waals surface area (Å²) < 4.78 is 51.1. The van der Waals surface area contributed by atoms with Gasteiger partial charge in [-0.3, -0.25) is 24.0 Å². The number of hydrogen-bond donors (Lipinski definition) is 4. The first-order valence-electron chi connectivity index (χ1n) is 23.2. The van der Waals surface area contributed by atoms with Gasteiger partial charge in [0.15, 0.2) is 5.75 Å². The second kappa shape index (κ2) is 31.4. The molecular formula is C55H63ArF2N7O11. The maximum atomic E-state index is 14.2. The van der Waals surface area contributed by atoms with E-state index < -0.39 is 23.6 Å². The Morgan fingerprint density at radius 2 is 1.17 bits per heavy atom. The largest absolute Gasteiger partial charge is 0.497 e. The molecule has 1 aliphatic heterocycles. The predicted octanol–water partition coefficient (Wildman–Crippen LogP) is 9.24. The maximum absolute atomic E-state index is 14.2. The molecule has 5 amide bonds. The number of imide groups is 1. The quantitative estimate of drug-likeness (QED) is 0.0475. The van der Waals surface area contributed by atoms with Crippen molar-refractivity contribution >= 4 is 52.6 Å². The van der Waals surface area contributed by atoms with Gasteiger partial charge in [-0.1, -0.05) is 43.8 Å². The van der Waals surface area contributed by atoms with Crippen LogP contribution in [-0.4, -0.2) is 73.0 Å². The zero-order chi connectivity index (χ0) is 53.7. The van der Waals surface area contributed by atoms with Gasteiger partial charge in [-0.2, -0.15) is 0 Å². The predicted molar refractivity (Wildman–Crippen MR) is 279 cm³/mol. The third kappa shape index (κ3) is 19.0. The number of nitrogens with two attached hydrogens (primary N) is 1. The summed E-state index contributed by atoms with van der Waals surface area (Å²) in [7, 11) is 3.12. The topological polar surface area (TPSA) is 220 Å². The van der Waals surface area contributed by atoms with Crippen LogP contribution in [-0.2, 0) is 46.7 Å². The summed E-state index contributed by atoms with van der Waals surface area (Å²) >= 11 is 0. The number of benzene rings is 5. The third-order valence-corrected chi connectivity index (χ3v) is 10.8. The van der Waals surface area contributed by atoms with Gasteiger partial charge in [-0.05, 0) is 90.0 Å². The second-order valence-corrected chi connectivity index (χ2v) is 16.2. The van der Waals surface area contributed by atoms with Crippen LogP contribution >= 0.6 is 0 Å². The number of methoxy groups -OCH3 is 2. The van der Waals surface area contributed by atoms with Crippen LogP contribution < -0.4 is 45.5 Å². The fourth-order valence-corrected chi connectivity index (χ4v) is 7.26. The molecule has 0 bridgehead atoms. The van der Waals surface area contributed by atoms with E-state index in [1.807, 2.05) is 66.7 Å². The van der Waals surface area contributed by atoms with Crippen molar-refractivity contribution in [3.8, 4) is 28.7 Å². The zero-order valence-electron chi connectivity index (χ0n) is 42.2. The number of hydrogen-bond acceptors (Lipinski definition) is 14. The summed E-state index contributed by atoms with van der Waals surface area (Å²) in [5.41, 5.74) is 9.33. The van der Waals surface area contributed by atoms with E-state index >= 15 is 0 Å². The second-order valence-electron chi connectivity index (χ2n) is 16.2. The molecule has 1 heterocycles. The van der Waals surface area contributed by atoms with E-state index in [4.69, 9.17) is 24.7 Å². The summed E-state index contributed by atoms with van der Waals surface area (Å²) in [5, 5.41) is 9.39. The molecule has 2 aliphatic rings. The molecule has 21 heteroatoms. The van der Waals surface area contributed by atoms with Gasteiger partial charge in [0.25, 0.3) is 11.8 Å². The first kappa shape index (κ1) is 62.8. The molecule has 406 valence electrons. The Bertz CT molecular complexity index is 2840. The molecule has 18 nitrogen and oxygen atoms in total. The Labute approximate surface area is 471 Å². The van der Waals surface area contributed by atoms with Crippen molar-refractivity contribution in [3.63, 3.8) is 0 Å². The Morgan fingerprint density at radius 1 is 0.645 bits per heavy atom. The van der Waals surface area contributed by atoms with E-state index in [0.717, 1.165) is 18.2 Å². The zero-order valence-corrected chi connectivity index (χ0v) is 42.9. The van der Waals surface area contributed by atoms with Gasteiger partial charge in [-0.15, -0.1) is 5.06 Å². The molecule has 5 aromatic rings. The molecule has 0 spiro atoms. The summed E-state index contributed by atoms with van der Waals surface area (Å²) in [6, 6.07) is 33.2. The Morgan fingerprint density at radius 3 is 1.67 bits per heavy atom. The molecule has 0 unspecified atom stereocenters. The van der Waals surface area contributed by atoms with Crippen LogP contribution in [0.15, 0.2) is 139 Å². The number of carbonyl (C=O) groups excluding carboxylic acids is 6. The average molecular weight is 1080 g/mol. The van der Waals surface area contributed by atoms with Crippen LogP contribution in [0.25, 0.3) is 0 Å². The number of amides is 5. The molecule has 1 fully saturated rings. The van der Waals surface area contributed by atoms with Gasteiger partial charge < -0.3 is 55.3 Å². The van der Waals surface area contributed by atoms with Gasteiger partial charge in [0.2, 0.25) is 17.7 Å². The molecule has 1 saturated heterocycles. The van der Waals surface area contributed by atoms with E-state index in [1.165, 1.54) is 54.8 Å². The van der Waals surface area contributed by atoms with Crippen LogP contribution in [0.2, 0.25) is 0 Å². The fraction of sp³-hybridized carbons (Fsp3) is 0.273. The van der Waals surface area contributed by atoms with Gasteiger partial charge in [0.1, 0.15) is 40.4 Å². The third-order valence-electron chi connectivity index (χ3n) is 10.8. The van der Waals surface area contributed by atoms with E-state index in [1.54, 1.807) is 44.6 Å². The molecule has 0 aromatic heterocycles. The number of allylic oxidation sites excluding steroid dienone is 3. The minimum absolute atomic E-state index is 0. The SMILES string of the molecule is C.CC(=O)ON1C(=O)CCC1=O.COc1ccc(NCN)c(CN(C(C)=O)C2=C(Oc3ccccc3)CCC(F)=C2)c1.COc1ccc(NCNC(C)=O)c(CN(C(C)=O)c2cc(F)ccc2Oc2ccccc2)c1.[Ar]. The van der Waals surface area contributed by atoms with Crippen molar-refractivity contribution in [3.05, 3.63) is 156 Å². The van der Waals surface area contributed by atoms with Crippen molar-refractivity contribution in [2.45, 2.75) is 73.9 Å². The first-order valence-corrected chi connectivity index (χ1v) is 23.2.